The molecule has 0 bridgehead atoms. The average molecular weight is 283 g/mol. The second-order valence-electron chi connectivity index (χ2n) is 5.60. The molecule has 1 aliphatic rings. The molecule has 0 saturated carbocycles. The smallest absolute Gasteiger partial charge is 0.227 e. The van der Waals surface area contributed by atoms with Crippen molar-refractivity contribution in [1.29, 1.82) is 0 Å². The lowest BCUT2D eigenvalue weighted by atomic mass is 10.2. The molecule has 21 heavy (non-hydrogen) atoms. The number of amides is 1. The Hall–Kier alpha value is -2.07. The summed E-state index contributed by atoms with van der Waals surface area (Å²) in [5.74, 6) is 0.241. The first-order chi connectivity index (χ1) is 10.2. The van der Waals surface area contributed by atoms with E-state index < -0.39 is 0 Å². The van der Waals surface area contributed by atoms with Gasteiger partial charge in [-0.05, 0) is 35.7 Å². The van der Waals surface area contributed by atoms with Crippen LogP contribution in [0.3, 0.4) is 0 Å². The van der Waals surface area contributed by atoms with Gasteiger partial charge < -0.3 is 14.8 Å². The van der Waals surface area contributed by atoms with E-state index in [2.05, 4.69) is 40.5 Å². The molecule has 1 saturated heterocycles. The zero-order valence-corrected chi connectivity index (χ0v) is 12.4. The highest BCUT2D eigenvalue weighted by Gasteiger charge is 2.21. The maximum Gasteiger partial charge on any atom is 0.227 e. The number of carbonyl (C=O) groups excluding carboxylic acids is 1. The Balaban J connectivity index is 1.53. The molecule has 1 aromatic heterocycles. The fourth-order valence-electron chi connectivity index (χ4n) is 2.73. The van der Waals surface area contributed by atoms with Crippen LogP contribution in [0.2, 0.25) is 0 Å². The van der Waals surface area contributed by atoms with E-state index in [4.69, 9.17) is 0 Å². The molecule has 0 spiro atoms. The number of nitrogens with one attached hydrogen (secondary N) is 1. The number of rotatable bonds is 5. The molecule has 3 rings (SSSR count). The van der Waals surface area contributed by atoms with Gasteiger partial charge >= 0.3 is 0 Å². The first-order valence-corrected chi connectivity index (χ1v) is 7.43. The number of anilines is 1. The maximum atomic E-state index is 11.7. The van der Waals surface area contributed by atoms with Crippen LogP contribution in [0.1, 0.15) is 24.0 Å². The van der Waals surface area contributed by atoms with Gasteiger partial charge in [0.15, 0.2) is 0 Å². The topological polar surface area (TPSA) is 37.3 Å². The number of hydrogen-bond donors (Lipinski definition) is 1. The first-order valence-electron chi connectivity index (χ1n) is 7.43. The minimum Gasteiger partial charge on any atom is -0.357 e. The number of nitrogens with zero attached hydrogens (tertiary/aromatic N) is 2. The Kier molecular flexibility index (Phi) is 4.06. The molecule has 1 aromatic carbocycles. The van der Waals surface area contributed by atoms with E-state index in [9.17, 15) is 4.79 Å². The quantitative estimate of drug-likeness (QED) is 0.915. The van der Waals surface area contributed by atoms with Gasteiger partial charge in [0.25, 0.3) is 0 Å². The van der Waals surface area contributed by atoms with Gasteiger partial charge in [-0.1, -0.05) is 12.1 Å². The van der Waals surface area contributed by atoms with Crippen LogP contribution in [-0.4, -0.2) is 17.0 Å². The van der Waals surface area contributed by atoms with Crippen LogP contribution in [0.5, 0.6) is 0 Å². The highest BCUT2D eigenvalue weighted by atomic mass is 16.2. The van der Waals surface area contributed by atoms with Crippen molar-refractivity contribution in [1.82, 2.24) is 9.88 Å². The number of benzene rings is 1. The Labute approximate surface area is 125 Å². The van der Waals surface area contributed by atoms with Crippen molar-refractivity contribution in [3.8, 4) is 0 Å². The third-order valence-corrected chi connectivity index (χ3v) is 3.87. The maximum absolute atomic E-state index is 11.7. The van der Waals surface area contributed by atoms with Gasteiger partial charge in [0.05, 0.1) is 0 Å². The van der Waals surface area contributed by atoms with Crippen molar-refractivity contribution in [2.75, 3.05) is 11.4 Å². The molecule has 2 heterocycles. The average Bonchev–Trinajstić information content (AvgIpc) is 3.09. The third kappa shape index (κ3) is 3.34. The highest BCUT2D eigenvalue weighted by Crippen LogP contribution is 2.21. The van der Waals surface area contributed by atoms with E-state index in [1.807, 2.05) is 24.1 Å². The summed E-state index contributed by atoms with van der Waals surface area (Å²) in [7, 11) is 2.03. The second-order valence-corrected chi connectivity index (χ2v) is 5.60. The second kappa shape index (κ2) is 6.14. The van der Waals surface area contributed by atoms with Gasteiger partial charge in [0, 0.05) is 51.2 Å². The zero-order valence-electron chi connectivity index (χ0n) is 12.4. The Morgan fingerprint density at radius 2 is 1.86 bits per heavy atom. The molecule has 4 heteroatoms. The summed E-state index contributed by atoms with van der Waals surface area (Å²) in [5.41, 5.74) is 3.54. The van der Waals surface area contributed by atoms with Crippen LogP contribution < -0.4 is 10.2 Å². The summed E-state index contributed by atoms with van der Waals surface area (Å²) in [6.45, 7) is 2.56. The first kappa shape index (κ1) is 13.9. The van der Waals surface area contributed by atoms with Gasteiger partial charge in [-0.3, -0.25) is 4.79 Å². The summed E-state index contributed by atoms with van der Waals surface area (Å²) in [5, 5.41) is 3.44. The fourth-order valence-corrected chi connectivity index (χ4v) is 2.73. The molecule has 110 valence electrons. The minimum atomic E-state index is 0.241. The SMILES string of the molecule is Cn1ccc(CNCc2ccc(N3CCCC3=O)cc2)c1. The Bertz CT molecular complexity index is 615. The van der Waals surface area contributed by atoms with Crippen molar-refractivity contribution in [3.63, 3.8) is 0 Å². The lowest BCUT2D eigenvalue weighted by Gasteiger charge is -2.16. The van der Waals surface area contributed by atoms with E-state index >= 15 is 0 Å². The van der Waals surface area contributed by atoms with Crippen molar-refractivity contribution < 1.29 is 4.79 Å². The lowest BCUT2D eigenvalue weighted by Crippen LogP contribution is -2.23. The van der Waals surface area contributed by atoms with Crippen LogP contribution >= 0.6 is 0 Å². The van der Waals surface area contributed by atoms with Crippen molar-refractivity contribution in [2.45, 2.75) is 25.9 Å². The molecule has 1 fully saturated rings. The van der Waals surface area contributed by atoms with Crippen LogP contribution in [-0.2, 0) is 24.9 Å². The molecule has 2 aromatic rings. The summed E-state index contributed by atoms with van der Waals surface area (Å²) in [6, 6.07) is 10.4. The van der Waals surface area contributed by atoms with E-state index in [0.29, 0.717) is 6.42 Å². The van der Waals surface area contributed by atoms with Gasteiger partial charge in [-0.15, -0.1) is 0 Å². The van der Waals surface area contributed by atoms with Crippen molar-refractivity contribution >= 4 is 11.6 Å². The highest BCUT2D eigenvalue weighted by molar-refractivity contribution is 5.95. The van der Waals surface area contributed by atoms with E-state index in [1.54, 1.807) is 0 Å². The van der Waals surface area contributed by atoms with E-state index in [0.717, 1.165) is 31.7 Å². The Morgan fingerprint density at radius 3 is 2.48 bits per heavy atom. The van der Waals surface area contributed by atoms with Crippen molar-refractivity contribution in [2.24, 2.45) is 7.05 Å². The number of aryl methyl sites for hydroxylation is 1. The number of hydrogen-bond acceptors (Lipinski definition) is 2. The van der Waals surface area contributed by atoms with Crippen LogP contribution in [0.25, 0.3) is 0 Å². The van der Waals surface area contributed by atoms with Crippen LogP contribution in [0.4, 0.5) is 5.69 Å². The standard InChI is InChI=1S/C17H21N3O/c1-19-10-8-15(13-19)12-18-11-14-4-6-16(7-5-14)20-9-2-3-17(20)21/h4-8,10,13,18H,2-3,9,11-12H2,1H3. The largest absolute Gasteiger partial charge is 0.357 e. The predicted molar refractivity (Wildman–Crippen MR) is 84.0 cm³/mol. The summed E-state index contributed by atoms with van der Waals surface area (Å²) in [4.78, 5) is 13.6. The molecule has 4 nitrogen and oxygen atoms in total. The molecule has 0 atom stereocenters. The number of carbonyl (C=O) groups is 1. The van der Waals surface area contributed by atoms with E-state index in [-0.39, 0.29) is 5.91 Å². The van der Waals surface area contributed by atoms with Crippen LogP contribution in [0, 0.1) is 0 Å². The molecule has 0 aliphatic carbocycles. The molecule has 1 aliphatic heterocycles. The minimum absolute atomic E-state index is 0.241. The molecular formula is C17H21N3O. The lowest BCUT2D eigenvalue weighted by molar-refractivity contribution is -0.117. The van der Waals surface area contributed by atoms with Crippen molar-refractivity contribution in [3.05, 3.63) is 53.9 Å². The monoisotopic (exact) mass is 283 g/mol. The third-order valence-electron chi connectivity index (χ3n) is 3.87. The molecular weight excluding hydrogens is 262 g/mol. The van der Waals surface area contributed by atoms with Gasteiger partial charge in [0.1, 0.15) is 0 Å². The normalized spacial score (nSPS) is 14.9. The fraction of sp³-hybridized carbons (Fsp3) is 0.353. The van der Waals surface area contributed by atoms with E-state index in [1.165, 1.54) is 11.1 Å². The summed E-state index contributed by atoms with van der Waals surface area (Å²) >= 11 is 0. The molecule has 1 N–H and O–H groups in total. The van der Waals surface area contributed by atoms with Gasteiger partial charge in [-0.2, -0.15) is 0 Å². The summed E-state index contributed by atoms with van der Waals surface area (Å²) in [6.07, 6.45) is 5.83. The number of aromatic nitrogens is 1. The van der Waals surface area contributed by atoms with Gasteiger partial charge in [0.2, 0.25) is 5.91 Å². The molecule has 0 unspecified atom stereocenters. The Morgan fingerprint density at radius 1 is 1.10 bits per heavy atom. The zero-order chi connectivity index (χ0) is 14.7. The predicted octanol–water partition coefficient (Wildman–Crippen LogP) is 2.44. The molecule has 1 amide bonds. The summed E-state index contributed by atoms with van der Waals surface area (Å²) < 4.78 is 2.05. The van der Waals surface area contributed by atoms with Crippen LogP contribution in [0.15, 0.2) is 42.7 Å². The molecule has 0 radical (unpaired) electrons. The van der Waals surface area contributed by atoms with Gasteiger partial charge in [-0.25, -0.2) is 0 Å².